The van der Waals surface area contributed by atoms with Gasteiger partial charge in [0.2, 0.25) is 11.8 Å². The molecule has 0 bridgehead atoms. The number of benzene rings is 1. The SMILES string of the molecule is O=C(NC1(c2nnc(-c3cnc(NC4Cc5ccccc5C4)nc3)o2)CC1)N1CCc2n[nH]nc2C1. The van der Waals surface area contributed by atoms with E-state index in [1.807, 2.05) is 0 Å². The Bertz CT molecular complexity index is 1400. The van der Waals surface area contributed by atoms with Crippen molar-refractivity contribution in [1.82, 2.24) is 45.8 Å². The van der Waals surface area contributed by atoms with Crippen molar-refractivity contribution in [2.45, 2.75) is 50.2 Å². The minimum Gasteiger partial charge on any atom is -0.418 e. The molecule has 12 nitrogen and oxygen atoms in total. The fraction of sp³-hybridized carbons (Fsp3) is 0.375. The van der Waals surface area contributed by atoms with Gasteiger partial charge in [-0.15, -0.1) is 10.2 Å². The molecule has 1 fully saturated rings. The summed E-state index contributed by atoms with van der Waals surface area (Å²) < 4.78 is 5.96. The number of hydrogen-bond donors (Lipinski definition) is 3. The van der Waals surface area contributed by atoms with Crippen molar-refractivity contribution in [3.8, 4) is 11.5 Å². The zero-order chi connectivity index (χ0) is 24.1. The van der Waals surface area contributed by atoms with E-state index in [4.69, 9.17) is 4.42 Å². The number of H-pyrrole nitrogens is 1. The second-order valence-electron chi connectivity index (χ2n) is 9.63. The summed E-state index contributed by atoms with van der Waals surface area (Å²) in [5.41, 5.74) is 4.45. The van der Waals surface area contributed by atoms with Gasteiger partial charge in [0.1, 0.15) is 11.2 Å². The number of nitrogens with one attached hydrogen (secondary N) is 3. The maximum absolute atomic E-state index is 12.9. The number of aromatic nitrogens is 7. The summed E-state index contributed by atoms with van der Waals surface area (Å²) in [6.45, 7) is 1.01. The number of amides is 2. The first-order valence-corrected chi connectivity index (χ1v) is 12.1. The lowest BCUT2D eigenvalue weighted by Crippen LogP contribution is -2.47. The highest BCUT2D eigenvalue weighted by Crippen LogP contribution is 2.45. The molecule has 2 amide bonds. The van der Waals surface area contributed by atoms with Crippen LogP contribution in [0.15, 0.2) is 41.1 Å². The molecule has 0 radical (unpaired) electrons. The van der Waals surface area contributed by atoms with E-state index >= 15 is 0 Å². The highest BCUT2D eigenvalue weighted by molar-refractivity contribution is 5.76. The molecular formula is C24H24N10O2. The number of rotatable bonds is 5. The molecule has 3 aromatic heterocycles. The lowest BCUT2D eigenvalue weighted by Gasteiger charge is -2.27. The molecule has 0 spiro atoms. The Morgan fingerprint density at radius 3 is 2.56 bits per heavy atom. The molecule has 4 heterocycles. The van der Waals surface area contributed by atoms with E-state index in [0.717, 1.165) is 37.1 Å². The lowest BCUT2D eigenvalue weighted by atomic mass is 10.1. The maximum Gasteiger partial charge on any atom is 0.318 e. The van der Waals surface area contributed by atoms with Gasteiger partial charge in [-0.1, -0.05) is 24.3 Å². The average molecular weight is 485 g/mol. The minimum atomic E-state index is -0.633. The summed E-state index contributed by atoms with van der Waals surface area (Å²) in [6, 6.07) is 8.59. The van der Waals surface area contributed by atoms with Gasteiger partial charge in [0, 0.05) is 31.4 Å². The maximum atomic E-state index is 12.9. The third kappa shape index (κ3) is 3.74. The number of hydrogen-bond acceptors (Lipinski definition) is 9. The third-order valence-electron chi connectivity index (χ3n) is 7.16. The molecule has 36 heavy (non-hydrogen) atoms. The monoisotopic (exact) mass is 484 g/mol. The molecule has 7 rings (SSSR count). The highest BCUT2D eigenvalue weighted by Gasteiger charge is 2.51. The fourth-order valence-corrected chi connectivity index (χ4v) is 4.97. The third-order valence-corrected chi connectivity index (χ3v) is 7.16. The van der Waals surface area contributed by atoms with E-state index in [-0.39, 0.29) is 12.1 Å². The van der Waals surface area contributed by atoms with E-state index < -0.39 is 5.54 Å². The average Bonchev–Trinajstić information content (AvgIpc) is 3.28. The van der Waals surface area contributed by atoms with Crippen LogP contribution in [-0.4, -0.2) is 59.1 Å². The normalized spacial score (nSPS) is 17.9. The molecule has 3 N–H and O–H groups in total. The molecule has 2 aliphatic carbocycles. The van der Waals surface area contributed by atoms with Crippen molar-refractivity contribution in [3.05, 3.63) is 65.1 Å². The van der Waals surface area contributed by atoms with Crippen molar-refractivity contribution < 1.29 is 9.21 Å². The van der Waals surface area contributed by atoms with Gasteiger partial charge in [0.05, 0.1) is 17.8 Å². The molecule has 182 valence electrons. The minimum absolute atomic E-state index is 0.172. The quantitative estimate of drug-likeness (QED) is 0.386. The van der Waals surface area contributed by atoms with Crippen LogP contribution in [0.5, 0.6) is 0 Å². The van der Waals surface area contributed by atoms with Gasteiger partial charge >= 0.3 is 6.03 Å². The fourth-order valence-electron chi connectivity index (χ4n) is 4.97. The Morgan fingerprint density at radius 1 is 1.06 bits per heavy atom. The number of nitrogens with zero attached hydrogens (tertiary/aromatic N) is 7. The van der Waals surface area contributed by atoms with Crippen molar-refractivity contribution in [2.75, 3.05) is 11.9 Å². The van der Waals surface area contributed by atoms with Crippen molar-refractivity contribution in [3.63, 3.8) is 0 Å². The number of urea groups is 1. The van der Waals surface area contributed by atoms with Crippen molar-refractivity contribution >= 4 is 12.0 Å². The van der Waals surface area contributed by atoms with Crippen LogP contribution in [0.3, 0.4) is 0 Å². The Kier molecular flexibility index (Phi) is 4.72. The van der Waals surface area contributed by atoms with Crippen LogP contribution < -0.4 is 10.6 Å². The molecular weight excluding hydrogens is 460 g/mol. The molecule has 12 heteroatoms. The summed E-state index contributed by atoms with van der Waals surface area (Å²) in [5, 5.41) is 25.8. The summed E-state index contributed by atoms with van der Waals surface area (Å²) in [4.78, 5) is 23.6. The number of carbonyl (C=O) groups is 1. The Labute approximate surface area is 205 Å². The van der Waals surface area contributed by atoms with E-state index in [2.05, 4.69) is 70.5 Å². The van der Waals surface area contributed by atoms with Crippen LogP contribution in [0, 0.1) is 0 Å². The van der Waals surface area contributed by atoms with Gasteiger partial charge in [0.25, 0.3) is 5.89 Å². The molecule has 1 aromatic carbocycles. The summed E-state index contributed by atoms with van der Waals surface area (Å²) >= 11 is 0. The largest absolute Gasteiger partial charge is 0.418 e. The second-order valence-corrected chi connectivity index (χ2v) is 9.63. The zero-order valence-electron chi connectivity index (χ0n) is 19.4. The number of carbonyl (C=O) groups excluding carboxylic acids is 1. The molecule has 1 aliphatic heterocycles. The van der Waals surface area contributed by atoms with Crippen LogP contribution in [0.25, 0.3) is 11.5 Å². The van der Waals surface area contributed by atoms with Crippen molar-refractivity contribution in [1.29, 1.82) is 0 Å². The van der Waals surface area contributed by atoms with E-state index in [1.165, 1.54) is 11.1 Å². The molecule has 0 saturated heterocycles. The predicted octanol–water partition coefficient (Wildman–Crippen LogP) is 1.98. The Morgan fingerprint density at radius 2 is 1.81 bits per heavy atom. The number of anilines is 1. The van der Waals surface area contributed by atoms with Crippen LogP contribution in [0.2, 0.25) is 0 Å². The standard InChI is InChI=1S/C24H24N10O2/c35-23(34-8-5-18-19(13-34)30-33-29-18)28-24(6-7-24)21-32-31-20(36-21)16-11-25-22(26-12-16)27-17-9-14-3-1-2-4-15(14)10-17/h1-4,11-12,17H,5-10,13H2,(H,28,35)(H,25,26,27)(H,29,30,33). The van der Waals surface area contributed by atoms with Crippen molar-refractivity contribution in [2.24, 2.45) is 0 Å². The molecule has 3 aliphatic rings. The number of fused-ring (bicyclic) bond motifs is 2. The van der Waals surface area contributed by atoms with E-state index in [0.29, 0.717) is 42.8 Å². The second kappa shape index (κ2) is 8.11. The Balaban J connectivity index is 1.000. The number of aromatic amines is 1. The van der Waals surface area contributed by atoms with Gasteiger partial charge in [-0.2, -0.15) is 15.4 Å². The Hall–Kier alpha value is -4.35. The summed E-state index contributed by atoms with van der Waals surface area (Å²) in [6.07, 6.45) is 7.43. The van der Waals surface area contributed by atoms with Gasteiger partial charge < -0.3 is 20.0 Å². The van der Waals surface area contributed by atoms with Gasteiger partial charge in [-0.25, -0.2) is 14.8 Å². The predicted molar refractivity (Wildman–Crippen MR) is 127 cm³/mol. The van der Waals surface area contributed by atoms with Gasteiger partial charge in [-0.05, 0) is 36.8 Å². The molecule has 0 unspecified atom stereocenters. The topological polar surface area (TPSA) is 151 Å². The van der Waals surface area contributed by atoms with E-state index in [1.54, 1.807) is 17.3 Å². The molecule has 4 aromatic rings. The first kappa shape index (κ1) is 21.0. The summed E-state index contributed by atoms with van der Waals surface area (Å²) in [7, 11) is 0. The first-order chi connectivity index (χ1) is 17.6. The molecule has 0 atom stereocenters. The van der Waals surface area contributed by atoms with Crippen LogP contribution >= 0.6 is 0 Å². The zero-order valence-corrected chi connectivity index (χ0v) is 19.4. The van der Waals surface area contributed by atoms with Gasteiger partial charge in [-0.3, -0.25) is 0 Å². The summed E-state index contributed by atoms with van der Waals surface area (Å²) in [5.74, 6) is 1.30. The van der Waals surface area contributed by atoms with Crippen LogP contribution in [0.4, 0.5) is 10.7 Å². The smallest absolute Gasteiger partial charge is 0.318 e. The van der Waals surface area contributed by atoms with E-state index in [9.17, 15) is 4.79 Å². The lowest BCUT2D eigenvalue weighted by molar-refractivity contribution is 0.183. The van der Waals surface area contributed by atoms with Crippen LogP contribution in [0.1, 0.15) is 41.2 Å². The van der Waals surface area contributed by atoms with Crippen LogP contribution in [-0.2, 0) is 31.3 Å². The highest BCUT2D eigenvalue weighted by atomic mass is 16.4. The van der Waals surface area contributed by atoms with Gasteiger partial charge in [0.15, 0.2) is 0 Å². The first-order valence-electron chi connectivity index (χ1n) is 12.1. The molecule has 1 saturated carbocycles.